The second kappa shape index (κ2) is 7.06. The molecule has 1 rings (SSSR count). The van der Waals surface area contributed by atoms with Gasteiger partial charge in [0.25, 0.3) is 0 Å². The van der Waals surface area contributed by atoms with Crippen LogP contribution in [-0.4, -0.2) is 18.8 Å². The van der Waals surface area contributed by atoms with Crippen LogP contribution in [0, 0.1) is 0 Å². The Morgan fingerprint density at radius 2 is 2.25 bits per heavy atom. The Labute approximate surface area is 102 Å². The van der Waals surface area contributed by atoms with E-state index in [0.717, 1.165) is 30.8 Å². The third-order valence-corrected chi connectivity index (χ3v) is 2.39. The molecule has 16 heavy (non-hydrogen) atoms. The van der Waals surface area contributed by atoms with Crippen LogP contribution >= 0.6 is 12.2 Å². The Bertz CT molecular complexity index is 342. The fraction of sp³-hybridized carbons (Fsp3) is 0.417. The molecule has 0 unspecified atom stereocenters. The van der Waals surface area contributed by atoms with Crippen molar-refractivity contribution in [2.24, 2.45) is 0 Å². The SMILES string of the molecule is CCCCNC(=S)Nc1cccc(OC)c1. The van der Waals surface area contributed by atoms with Gasteiger partial charge < -0.3 is 15.4 Å². The summed E-state index contributed by atoms with van der Waals surface area (Å²) in [7, 11) is 1.65. The van der Waals surface area contributed by atoms with Gasteiger partial charge in [-0.1, -0.05) is 19.4 Å². The molecule has 3 nitrogen and oxygen atoms in total. The monoisotopic (exact) mass is 238 g/mol. The summed E-state index contributed by atoms with van der Waals surface area (Å²) >= 11 is 5.17. The van der Waals surface area contributed by atoms with Crippen molar-refractivity contribution in [3.8, 4) is 5.75 Å². The Hall–Kier alpha value is -1.29. The van der Waals surface area contributed by atoms with Crippen LogP contribution < -0.4 is 15.4 Å². The fourth-order valence-corrected chi connectivity index (χ4v) is 1.47. The number of ether oxygens (including phenoxy) is 1. The molecule has 0 heterocycles. The molecule has 0 aromatic heterocycles. The first kappa shape index (κ1) is 12.8. The third-order valence-electron chi connectivity index (χ3n) is 2.14. The van der Waals surface area contributed by atoms with Gasteiger partial charge >= 0.3 is 0 Å². The summed E-state index contributed by atoms with van der Waals surface area (Å²) in [4.78, 5) is 0. The smallest absolute Gasteiger partial charge is 0.170 e. The molecule has 88 valence electrons. The summed E-state index contributed by atoms with van der Waals surface area (Å²) in [6, 6.07) is 7.69. The predicted molar refractivity (Wildman–Crippen MR) is 72.1 cm³/mol. The molecule has 0 aliphatic carbocycles. The number of rotatable bonds is 5. The molecule has 0 fully saturated rings. The minimum atomic E-state index is 0.654. The highest BCUT2D eigenvalue weighted by Crippen LogP contribution is 2.16. The molecule has 0 saturated carbocycles. The second-order valence-corrected chi connectivity index (χ2v) is 3.87. The Kier molecular flexibility index (Phi) is 5.64. The minimum absolute atomic E-state index is 0.654. The first-order valence-electron chi connectivity index (χ1n) is 5.45. The van der Waals surface area contributed by atoms with Crippen molar-refractivity contribution in [1.82, 2.24) is 5.32 Å². The van der Waals surface area contributed by atoms with Crippen molar-refractivity contribution < 1.29 is 4.74 Å². The van der Waals surface area contributed by atoms with Crippen LogP contribution in [0.4, 0.5) is 5.69 Å². The Balaban J connectivity index is 2.43. The lowest BCUT2D eigenvalue weighted by atomic mass is 10.3. The van der Waals surface area contributed by atoms with Gasteiger partial charge in [0, 0.05) is 18.3 Å². The van der Waals surface area contributed by atoms with E-state index in [2.05, 4.69) is 17.6 Å². The summed E-state index contributed by atoms with van der Waals surface area (Å²) < 4.78 is 5.13. The standard InChI is InChI=1S/C12H18N2OS/c1-3-4-8-13-12(16)14-10-6-5-7-11(9-10)15-2/h5-7,9H,3-4,8H2,1-2H3,(H2,13,14,16). The lowest BCUT2D eigenvalue weighted by Gasteiger charge is -2.10. The largest absolute Gasteiger partial charge is 0.497 e. The summed E-state index contributed by atoms with van der Waals surface area (Å²) in [6.07, 6.45) is 2.29. The molecule has 4 heteroatoms. The van der Waals surface area contributed by atoms with Crippen LogP contribution in [0.3, 0.4) is 0 Å². The van der Waals surface area contributed by atoms with Gasteiger partial charge in [0.2, 0.25) is 0 Å². The van der Waals surface area contributed by atoms with Crippen LogP contribution in [0.5, 0.6) is 5.75 Å². The minimum Gasteiger partial charge on any atom is -0.497 e. The van der Waals surface area contributed by atoms with Crippen LogP contribution in [0.1, 0.15) is 19.8 Å². The maximum absolute atomic E-state index is 5.17. The molecule has 2 N–H and O–H groups in total. The van der Waals surface area contributed by atoms with Crippen molar-refractivity contribution in [2.45, 2.75) is 19.8 Å². The maximum atomic E-state index is 5.17. The first-order valence-corrected chi connectivity index (χ1v) is 5.86. The zero-order valence-corrected chi connectivity index (χ0v) is 10.6. The normalized spacial score (nSPS) is 9.62. The lowest BCUT2D eigenvalue weighted by Crippen LogP contribution is -2.29. The quantitative estimate of drug-likeness (QED) is 0.610. The van der Waals surface area contributed by atoms with E-state index in [1.807, 2.05) is 24.3 Å². The molecular weight excluding hydrogens is 220 g/mol. The van der Waals surface area contributed by atoms with Gasteiger partial charge in [-0.2, -0.15) is 0 Å². The average Bonchev–Trinajstić information content (AvgIpc) is 2.29. The lowest BCUT2D eigenvalue weighted by molar-refractivity contribution is 0.415. The highest BCUT2D eigenvalue weighted by molar-refractivity contribution is 7.80. The number of benzene rings is 1. The summed E-state index contributed by atoms with van der Waals surface area (Å²) in [5.41, 5.74) is 0.938. The highest BCUT2D eigenvalue weighted by Gasteiger charge is 1.98. The zero-order valence-electron chi connectivity index (χ0n) is 9.75. The molecule has 0 bridgehead atoms. The molecule has 0 aliphatic rings. The Morgan fingerprint density at radius 3 is 2.94 bits per heavy atom. The van der Waals surface area contributed by atoms with E-state index < -0.39 is 0 Å². The predicted octanol–water partition coefficient (Wildman–Crippen LogP) is 2.78. The molecule has 0 aliphatic heterocycles. The van der Waals surface area contributed by atoms with Crippen molar-refractivity contribution in [3.63, 3.8) is 0 Å². The topological polar surface area (TPSA) is 33.3 Å². The van der Waals surface area contributed by atoms with Crippen LogP contribution in [0.15, 0.2) is 24.3 Å². The van der Waals surface area contributed by atoms with E-state index in [4.69, 9.17) is 17.0 Å². The Morgan fingerprint density at radius 1 is 1.44 bits per heavy atom. The number of anilines is 1. The highest BCUT2D eigenvalue weighted by atomic mass is 32.1. The zero-order chi connectivity index (χ0) is 11.8. The molecular formula is C12H18N2OS. The van der Waals surface area contributed by atoms with Crippen molar-refractivity contribution in [3.05, 3.63) is 24.3 Å². The fourth-order valence-electron chi connectivity index (χ4n) is 1.25. The maximum Gasteiger partial charge on any atom is 0.170 e. The van der Waals surface area contributed by atoms with Crippen molar-refractivity contribution in [1.29, 1.82) is 0 Å². The van der Waals surface area contributed by atoms with E-state index in [-0.39, 0.29) is 0 Å². The third kappa shape index (κ3) is 4.49. The van der Waals surface area contributed by atoms with Gasteiger partial charge in [-0.3, -0.25) is 0 Å². The molecule has 0 atom stereocenters. The van der Waals surface area contributed by atoms with Crippen LogP contribution in [0.25, 0.3) is 0 Å². The van der Waals surface area contributed by atoms with Gasteiger partial charge in [-0.25, -0.2) is 0 Å². The summed E-state index contributed by atoms with van der Waals surface area (Å²) in [5, 5.41) is 6.92. The van der Waals surface area contributed by atoms with Gasteiger partial charge in [-0.05, 0) is 30.8 Å². The molecule has 1 aromatic rings. The van der Waals surface area contributed by atoms with E-state index in [9.17, 15) is 0 Å². The number of hydrogen-bond acceptors (Lipinski definition) is 2. The van der Waals surface area contributed by atoms with Gasteiger partial charge in [0.1, 0.15) is 5.75 Å². The van der Waals surface area contributed by atoms with Crippen LogP contribution in [-0.2, 0) is 0 Å². The number of methoxy groups -OCH3 is 1. The van der Waals surface area contributed by atoms with E-state index in [1.165, 1.54) is 0 Å². The summed E-state index contributed by atoms with van der Waals surface area (Å²) in [6.45, 7) is 3.06. The van der Waals surface area contributed by atoms with Gasteiger partial charge in [0.15, 0.2) is 5.11 Å². The summed E-state index contributed by atoms with van der Waals surface area (Å²) in [5.74, 6) is 0.821. The number of unbranched alkanes of at least 4 members (excludes halogenated alkanes) is 1. The number of thiocarbonyl (C=S) groups is 1. The van der Waals surface area contributed by atoms with Gasteiger partial charge in [-0.15, -0.1) is 0 Å². The molecule has 0 saturated heterocycles. The molecule has 0 radical (unpaired) electrons. The second-order valence-electron chi connectivity index (χ2n) is 3.47. The number of hydrogen-bond donors (Lipinski definition) is 2. The number of nitrogens with one attached hydrogen (secondary N) is 2. The van der Waals surface area contributed by atoms with E-state index in [1.54, 1.807) is 7.11 Å². The molecule has 0 spiro atoms. The average molecular weight is 238 g/mol. The molecule has 0 amide bonds. The van der Waals surface area contributed by atoms with E-state index >= 15 is 0 Å². The van der Waals surface area contributed by atoms with Crippen LogP contribution in [0.2, 0.25) is 0 Å². The first-order chi connectivity index (χ1) is 7.76. The van der Waals surface area contributed by atoms with Crippen molar-refractivity contribution >= 4 is 23.0 Å². The molecule has 1 aromatic carbocycles. The van der Waals surface area contributed by atoms with E-state index in [0.29, 0.717) is 5.11 Å². The van der Waals surface area contributed by atoms with Gasteiger partial charge in [0.05, 0.1) is 7.11 Å². The van der Waals surface area contributed by atoms with Crippen molar-refractivity contribution in [2.75, 3.05) is 19.0 Å².